The van der Waals surface area contributed by atoms with E-state index in [-0.39, 0.29) is 24.4 Å². The molecule has 0 aliphatic carbocycles. The van der Waals surface area contributed by atoms with Crippen LogP contribution in [0.15, 0.2) is 48.0 Å². The SMILES string of the molecule is Cc1csc(C(C)NC(=O)c2cnc3c(c2)N(Cc2ccccc2)C(=O)CN3)n1. The highest BCUT2D eigenvalue weighted by Crippen LogP contribution is 2.30. The Morgan fingerprint density at radius 3 is 2.86 bits per heavy atom. The van der Waals surface area contributed by atoms with Gasteiger partial charge in [0.15, 0.2) is 5.82 Å². The maximum Gasteiger partial charge on any atom is 0.253 e. The minimum Gasteiger partial charge on any atom is -0.359 e. The number of fused-ring (bicyclic) bond motifs is 1. The minimum absolute atomic E-state index is 0.0626. The van der Waals surface area contributed by atoms with E-state index >= 15 is 0 Å². The van der Waals surface area contributed by atoms with Gasteiger partial charge < -0.3 is 15.5 Å². The van der Waals surface area contributed by atoms with E-state index in [4.69, 9.17) is 0 Å². The van der Waals surface area contributed by atoms with Gasteiger partial charge in [0.05, 0.1) is 30.4 Å². The second-order valence-corrected chi connectivity index (χ2v) is 7.82. The first-order chi connectivity index (χ1) is 14.0. The molecule has 4 rings (SSSR count). The molecule has 148 valence electrons. The number of hydrogen-bond acceptors (Lipinski definition) is 6. The Hall–Kier alpha value is -3.26. The molecule has 3 heterocycles. The molecule has 0 spiro atoms. The highest BCUT2D eigenvalue weighted by molar-refractivity contribution is 7.09. The smallest absolute Gasteiger partial charge is 0.253 e. The molecule has 8 heteroatoms. The average molecular weight is 407 g/mol. The minimum atomic E-state index is -0.252. The predicted octanol–water partition coefficient (Wildman–Crippen LogP) is 3.30. The van der Waals surface area contributed by atoms with Gasteiger partial charge in [-0.2, -0.15) is 0 Å². The summed E-state index contributed by atoms with van der Waals surface area (Å²) in [6.07, 6.45) is 1.53. The van der Waals surface area contributed by atoms with Crippen molar-refractivity contribution in [3.8, 4) is 0 Å². The number of hydrogen-bond donors (Lipinski definition) is 2. The fraction of sp³-hybridized carbons (Fsp3) is 0.238. The number of carbonyl (C=O) groups excluding carboxylic acids is 2. The molecule has 1 aliphatic heterocycles. The number of nitrogens with one attached hydrogen (secondary N) is 2. The molecule has 0 fully saturated rings. The molecule has 0 radical (unpaired) electrons. The van der Waals surface area contributed by atoms with E-state index in [0.29, 0.717) is 23.6 Å². The van der Waals surface area contributed by atoms with Gasteiger partial charge in [0, 0.05) is 17.3 Å². The van der Waals surface area contributed by atoms with Crippen molar-refractivity contribution in [2.24, 2.45) is 0 Å². The molecule has 1 unspecified atom stereocenters. The second-order valence-electron chi connectivity index (χ2n) is 6.93. The van der Waals surface area contributed by atoms with Gasteiger partial charge in [-0.1, -0.05) is 30.3 Å². The predicted molar refractivity (Wildman–Crippen MR) is 113 cm³/mol. The summed E-state index contributed by atoms with van der Waals surface area (Å²) in [5.41, 5.74) is 2.95. The van der Waals surface area contributed by atoms with E-state index in [9.17, 15) is 9.59 Å². The summed E-state index contributed by atoms with van der Waals surface area (Å²) in [4.78, 5) is 35.8. The fourth-order valence-electron chi connectivity index (χ4n) is 3.16. The maximum absolute atomic E-state index is 12.8. The molecule has 3 aromatic rings. The number of nitrogens with zero attached hydrogens (tertiary/aromatic N) is 3. The van der Waals surface area contributed by atoms with Crippen LogP contribution >= 0.6 is 11.3 Å². The Labute approximate surface area is 172 Å². The van der Waals surface area contributed by atoms with Crippen LogP contribution in [0.1, 0.15) is 39.6 Å². The molecule has 29 heavy (non-hydrogen) atoms. The monoisotopic (exact) mass is 407 g/mol. The lowest BCUT2D eigenvalue weighted by Crippen LogP contribution is -2.40. The first kappa shape index (κ1) is 19.1. The van der Waals surface area contributed by atoms with Crippen molar-refractivity contribution in [3.05, 3.63) is 69.8 Å². The normalized spacial score (nSPS) is 14.1. The lowest BCUT2D eigenvalue weighted by molar-refractivity contribution is -0.117. The van der Waals surface area contributed by atoms with Crippen molar-refractivity contribution < 1.29 is 9.59 Å². The van der Waals surface area contributed by atoms with Crippen molar-refractivity contribution >= 4 is 34.7 Å². The van der Waals surface area contributed by atoms with E-state index in [1.54, 1.807) is 11.0 Å². The molecule has 1 aromatic carbocycles. The van der Waals surface area contributed by atoms with Gasteiger partial charge >= 0.3 is 0 Å². The van der Waals surface area contributed by atoms with E-state index in [2.05, 4.69) is 20.6 Å². The molecule has 7 nitrogen and oxygen atoms in total. The highest BCUT2D eigenvalue weighted by atomic mass is 32.1. The van der Waals surface area contributed by atoms with Crippen LogP contribution in [0.2, 0.25) is 0 Å². The summed E-state index contributed by atoms with van der Waals surface area (Å²) in [7, 11) is 0. The van der Waals surface area contributed by atoms with Crippen LogP contribution in [0.25, 0.3) is 0 Å². The molecule has 2 aromatic heterocycles. The molecule has 2 N–H and O–H groups in total. The standard InChI is InChI=1S/C21H21N5O2S/c1-13-12-29-21(24-13)14(2)25-20(28)16-8-17-19(22-9-16)23-10-18(27)26(17)11-15-6-4-3-5-7-15/h3-9,12,14H,10-11H2,1-2H3,(H,22,23)(H,25,28). The molecule has 0 saturated heterocycles. The van der Waals surface area contributed by atoms with Gasteiger partial charge in [-0.3, -0.25) is 9.59 Å². The Balaban J connectivity index is 1.57. The van der Waals surface area contributed by atoms with Crippen LogP contribution < -0.4 is 15.5 Å². The van der Waals surface area contributed by atoms with Crippen LogP contribution in [0, 0.1) is 6.92 Å². The van der Waals surface area contributed by atoms with Gasteiger partial charge in [0.25, 0.3) is 5.91 Å². The van der Waals surface area contributed by atoms with Crippen LogP contribution in [0.5, 0.6) is 0 Å². The zero-order valence-corrected chi connectivity index (χ0v) is 17.0. The third kappa shape index (κ3) is 4.12. The average Bonchev–Trinajstić information content (AvgIpc) is 3.17. The molecule has 0 bridgehead atoms. The quantitative estimate of drug-likeness (QED) is 0.678. The Kier molecular flexibility index (Phi) is 5.26. The third-order valence-corrected chi connectivity index (χ3v) is 5.81. The van der Waals surface area contributed by atoms with E-state index in [1.165, 1.54) is 17.5 Å². The Morgan fingerprint density at radius 1 is 1.34 bits per heavy atom. The van der Waals surface area contributed by atoms with Crippen molar-refractivity contribution in [2.75, 3.05) is 16.8 Å². The molecule has 2 amide bonds. The number of rotatable bonds is 5. The van der Waals surface area contributed by atoms with E-state index < -0.39 is 0 Å². The number of benzene rings is 1. The lowest BCUT2D eigenvalue weighted by Gasteiger charge is -2.30. The summed E-state index contributed by atoms with van der Waals surface area (Å²) in [5, 5.41) is 8.78. The zero-order valence-electron chi connectivity index (χ0n) is 16.2. The summed E-state index contributed by atoms with van der Waals surface area (Å²) >= 11 is 1.52. The van der Waals surface area contributed by atoms with Crippen LogP contribution in [0.4, 0.5) is 11.5 Å². The summed E-state index contributed by atoms with van der Waals surface area (Å²) in [6.45, 7) is 4.43. The molecule has 0 saturated carbocycles. The van der Waals surface area contributed by atoms with Crippen molar-refractivity contribution in [1.82, 2.24) is 15.3 Å². The largest absolute Gasteiger partial charge is 0.359 e. The molecular formula is C21H21N5O2S. The number of thiazole rings is 1. The van der Waals surface area contributed by atoms with Crippen LogP contribution in [-0.4, -0.2) is 28.3 Å². The Bertz CT molecular complexity index is 1050. The van der Waals surface area contributed by atoms with Crippen molar-refractivity contribution in [2.45, 2.75) is 26.4 Å². The summed E-state index contributed by atoms with van der Waals surface area (Å²) in [5.74, 6) is 0.284. The number of pyridine rings is 1. The van der Waals surface area contributed by atoms with Crippen molar-refractivity contribution in [1.29, 1.82) is 0 Å². The molecule has 1 aliphatic rings. The fourth-order valence-corrected chi connectivity index (χ4v) is 3.96. The van der Waals surface area contributed by atoms with Gasteiger partial charge in [-0.15, -0.1) is 11.3 Å². The zero-order chi connectivity index (χ0) is 20.4. The van der Waals surface area contributed by atoms with Gasteiger partial charge in [-0.05, 0) is 25.5 Å². The van der Waals surface area contributed by atoms with Gasteiger partial charge in [-0.25, -0.2) is 9.97 Å². The second kappa shape index (κ2) is 8.00. The number of carbonyl (C=O) groups is 2. The van der Waals surface area contributed by atoms with E-state index in [0.717, 1.165) is 16.3 Å². The van der Waals surface area contributed by atoms with Crippen LogP contribution in [-0.2, 0) is 11.3 Å². The summed E-state index contributed by atoms with van der Waals surface area (Å²) in [6, 6.07) is 11.3. The first-order valence-electron chi connectivity index (χ1n) is 9.32. The molecule has 1 atom stereocenters. The number of amides is 2. The van der Waals surface area contributed by atoms with Crippen molar-refractivity contribution in [3.63, 3.8) is 0 Å². The maximum atomic E-state index is 12.8. The first-order valence-corrected chi connectivity index (χ1v) is 10.2. The molecular weight excluding hydrogens is 386 g/mol. The van der Waals surface area contributed by atoms with Gasteiger partial charge in [0.2, 0.25) is 5.91 Å². The number of aryl methyl sites for hydroxylation is 1. The third-order valence-electron chi connectivity index (χ3n) is 4.67. The van der Waals surface area contributed by atoms with Gasteiger partial charge in [0.1, 0.15) is 5.01 Å². The highest BCUT2D eigenvalue weighted by Gasteiger charge is 2.26. The topological polar surface area (TPSA) is 87.2 Å². The summed E-state index contributed by atoms with van der Waals surface area (Å²) < 4.78 is 0. The number of anilines is 2. The van der Waals surface area contributed by atoms with E-state index in [1.807, 2.05) is 49.6 Å². The van der Waals surface area contributed by atoms with Crippen LogP contribution in [0.3, 0.4) is 0 Å². The lowest BCUT2D eigenvalue weighted by atomic mass is 10.1. The Morgan fingerprint density at radius 2 is 2.14 bits per heavy atom. The number of aromatic nitrogens is 2.